The molecule has 7 nitrogen and oxygen atoms in total. The summed E-state index contributed by atoms with van der Waals surface area (Å²) in [6.07, 6.45) is 3.60. The highest BCUT2D eigenvalue weighted by Gasteiger charge is 2.27. The van der Waals surface area contributed by atoms with Crippen LogP contribution in [0.25, 0.3) is 0 Å². The van der Waals surface area contributed by atoms with Crippen molar-refractivity contribution in [2.24, 2.45) is 0 Å². The maximum atomic E-state index is 12.7. The second-order valence-corrected chi connectivity index (χ2v) is 9.30. The van der Waals surface area contributed by atoms with E-state index < -0.39 is 0 Å². The van der Waals surface area contributed by atoms with E-state index >= 15 is 0 Å². The zero-order valence-corrected chi connectivity index (χ0v) is 18.6. The van der Waals surface area contributed by atoms with E-state index in [1.807, 2.05) is 0 Å². The van der Waals surface area contributed by atoms with E-state index in [-0.39, 0.29) is 17.8 Å². The zero-order chi connectivity index (χ0) is 21.4. The van der Waals surface area contributed by atoms with Gasteiger partial charge in [-0.05, 0) is 50.8 Å². The Bertz CT molecular complexity index is 957. The van der Waals surface area contributed by atoms with Crippen LogP contribution in [-0.2, 0) is 24.2 Å². The van der Waals surface area contributed by atoms with Crippen LogP contribution in [0, 0.1) is 0 Å². The van der Waals surface area contributed by atoms with Gasteiger partial charge in [-0.1, -0.05) is 12.1 Å². The van der Waals surface area contributed by atoms with E-state index in [2.05, 4.69) is 57.8 Å². The van der Waals surface area contributed by atoms with E-state index in [1.54, 1.807) is 0 Å². The van der Waals surface area contributed by atoms with Crippen molar-refractivity contribution in [3.63, 3.8) is 0 Å². The summed E-state index contributed by atoms with van der Waals surface area (Å²) in [6, 6.07) is 8.99. The number of rotatable bonds is 4. The monoisotopic (exact) mass is 423 g/mol. The van der Waals surface area contributed by atoms with Crippen LogP contribution in [0.3, 0.4) is 0 Å². The van der Waals surface area contributed by atoms with Gasteiger partial charge in [0.1, 0.15) is 0 Å². The van der Waals surface area contributed by atoms with Gasteiger partial charge in [0.05, 0.1) is 17.9 Å². The number of hydrogen-bond acceptors (Lipinski definition) is 6. The number of nitrogens with zero attached hydrogens (tertiary/aromatic N) is 4. The van der Waals surface area contributed by atoms with Crippen molar-refractivity contribution >= 4 is 11.6 Å². The topological polar surface area (TPSA) is 64.7 Å². The highest BCUT2D eigenvalue weighted by Crippen LogP contribution is 2.23. The largest absolute Gasteiger partial charge is 0.372 e. The van der Waals surface area contributed by atoms with Crippen molar-refractivity contribution in [2.75, 3.05) is 42.5 Å². The number of nitrogens with one attached hydrogen (secondary N) is 1. The van der Waals surface area contributed by atoms with Crippen LogP contribution in [0.2, 0.25) is 0 Å². The normalized spacial score (nSPS) is 24.5. The molecule has 31 heavy (non-hydrogen) atoms. The number of hydrogen-bond donors (Lipinski definition) is 1. The van der Waals surface area contributed by atoms with E-state index in [9.17, 15) is 4.79 Å². The Morgan fingerprint density at radius 3 is 2.45 bits per heavy atom. The van der Waals surface area contributed by atoms with Crippen LogP contribution >= 0.6 is 0 Å². The minimum Gasteiger partial charge on any atom is -0.372 e. The maximum absolute atomic E-state index is 12.7. The lowest BCUT2D eigenvalue weighted by molar-refractivity contribution is -0.00576. The number of aromatic nitrogens is 2. The first-order valence-corrected chi connectivity index (χ1v) is 11.6. The third-order valence-electron chi connectivity index (χ3n) is 6.67. The van der Waals surface area contributed by atoms with Crippen LogP contribution in [0.4, 0.5) is 11.6 Å². The zero-order valence-electron chi connectivity index (χ0n) is 18.6. The molecule has 0 bridgehead atoms. The molecule has 2 saturated heterocycles. The standard InChI is InChI=1S/C24H33N5O2/c1-17-13-29(14-18(2)31-17)24-25-22-16-27(12-9-21(22)23(30)26-24)15-19-5-7-20(8-6-19)28-10-3-4-11-28/h5-8,17-18H,3-4,9-16H2,1-2H3,(H,25,26,30)/t17-,18+. The first-order chi connectivity index (χ1) is 15.0. The molecule has 1 aromatic heterocycles. The molecule has 2 aromatic rings. The van der Waals surface area contributed by atoms with E-state index in [0.29, 0.717) is 5.95 Å². The van der Waals surface area contributed by atoms with Crippen LogP contribution < -0.4 is 15.4 Å². The molecule has 0 saturated carbocycles. The molecule has 0 amide bonds. The van der Waals surface area contributed by atoms with Crippen LogP contribution in [0.5, 0.6) is 0 Å². The average molecular weight is 424 g/mol. The lowest BCUT2D eigenvalue weighted by Gasteiger charge is -2.36. The summed E-state index contributed by atoms with van der Waals surface area (Å²) in [7, 11) is 0. The Hall–Kier alpha value is -2.38. The van der Waals surface area contributed by atoms with Gasteiger partial charge in [0.2, 0.25) is 5.95 Å². The Labute approximate surface area is 184 Å². The molecule has 2 atom stereocenters. The molecule has 166 valence electrons. The SMILES string of the molecule is C[C@@H]1CN(c2nc3c(c(=O)[nH]2)CCN(Cc2ccc(N4CCCC4)cc2)C3)C[C@H](C)O1. The van der Waals surface area contributed by atoms with Gasteiger partial charge in [-0.2, -0.15) is 0 Å². The molecular formula is C24H33N5O2. The van der Waals surface area contributed by atoms with Crippen molar-refractivity contribution in [1.29, 1.82) is 0 Å². The summed E-state index contributed by atoms with van der Waals surface area (Å²) in [6.45, 7) is 10.5. The Balaban J connectivity index is 1.29. The summed E-state index contributed by atoms with van der Waals surface area (Å²) < 4.78 is 5.83. The van der Waals surface area contributed by atoms with E-state index in [1.165, 1.54) is 37.2 Å². The third kappa shape index (κ3) is 4.48. The van der Waals surface area contributed by atoms with Gasteiger partial charge in [0, 0.05) is 57.1 Å². The van der Waals surface area contributed by atoms with Crippen molar-refractivity contribution < 1.29 is 4.74 Å². The lowest BCUT2D eigenvalue weighted by atomic mass is 10.1. The number of anilines is 2. The minimum atomic E-state index is 0.0152. The smallest absolute Gasteiger partial charge is 0.255 e. The van der Waals surface area contributed by atoms with E-state index in [4.69, 9.17) is 9.72 Å². The van der Waals surface area contributed by atoms with Crippen LogP contribution in [0.15, 0.2) is 29.1 Å². The van der Waals surface area contributed by atoms with Gasteiger partial charge in [0.25, 0.3) is 5.56 Å². The molecule has 7 heteroatoms. The second-order valence-electron chi connectivity index (χ2n) is 9.30. The van der Waals surface area contributed by atoms with Crippen molar-refractivity contribution in [3.8, 4) is 0 Å². The minimum absolute atomic E-state index is 0.0152. The van der Waals surface area contributed by atoms with Crippen LogP contribution in [0.1, 0.15) is 43.5 Å². The highest BCUT2D eigenvalue weighted by molar-refractivity contribution is 5.48. The first-order valence-electron chi connectivity index (χ1n) is 11.6. The van der Waals surface area contributed by atoms with Crippen molar-refractivity contribution in [2.45, 2.75) is 58.4 Å². The predicted octanol–water partition coefficient (Wildman–Crippen LogP) is 2.54. The summed E-state index contributed by atoms with van der Waals surface area (Å²) in [5, 5.41) is 0. The number of fused-ring (bicyclic) bond motifs is 1. The Kier molecular flexibility index (Phi) is 5.71. The van der Waals surface area contributed by atoms with Crippen LogP contribution in [-0.4, -0.2) is 59.8 Å². The number of aromatic amines is 1. The van der Waals surface area contributed by atoms with E-state index in [0.717, 1.165) is 50.4 Å². The summed E-state index contributed by atoms with van der Waals surface area (Å²) in [5.74, 6) is 0.683. The second kappa shape index (κ2) is 8.63. The van der Waals surface area contributed by atoms with Crippen molar-refractivity contribution in [1.82, 2.24) is 14.9 Å². The molecule has 3 aliphatic heterocycles. The molecule has 4 heterocycles. The Morgan fingerprint density at radius 2 is 1.74 bits per heavy atom. The molecule has 0 aliphatic carbocycles. The average Bonchev–Trinajstić information content (AvgIpc) is 3.28. The molecule has 5 rings (SSSR count). The lowest BCUT2D eigenvalue weighted by Crippen LogP contribution is -2.47. The highest BCUT2D eigenvalue weighted by atomic mass is 16.5. The molecule has 3 aliphatic rings. The number of H-pyrrole nitrogens is 1. The summed E-state index contributed by atoms with van der Waals surface area (Å²) in [5.41, 5.74) is 4.43. The number of benzene rings is 1. The first kappa shape index (κ1) is 20.5. The molecular weight excluding hydrogens is 390 g/mol. The van der Waals surface area contributed by atoms with Gasteiger partial charge in [-0.3, -0.25) is 14.7 Å². The van der Waals surface area contributed by atoms with Gasteiger partial charge in [-0.25, -0.2) is 4.98 Å². The summed E-state index contributed by atoms with van der Waals surface area (Å²) in [4.78, 5) is 27.7. The fourth-order valence-corrected chi connectivity index (χ4v) is 5.16. The molecule has 1 aromatic carbocycles. The molecule has 0 radical (unpaired) electrons. The Morgan fingerprint density at radius 1 is 1.03 bits per heavy atom. The maximum Gasteiger partial charge on any atom is 0.255 e. The molecule has 1 N–H and O–H groups in total. The van der Waals surface area contributed by atoms with Gasteiger partial charge >= 0.3 is 0 Å². The number of ether oxygens (including phenoxy) is 1. The third-order valence-corrected chi connectivity index (χ3v) is 6.67. The molecule has 0 spiro atoms. The fraction of sp³-hybridized carbons (Fsp3) is 0.583. The fourth-order valence-electron chi connectivity index (χ4n) is 5.16. The van der Waals surface area contributed by atoms with Crippen molar-refractivity contribution in [3.05, 3.63) is 51.4 Å². The molecule has 0 unspecified atom stereocenters. The number of morpholine rings is 1. The summed E-state index contributed by atoms with van der Waals surface area (Å²) >= 11 is 0. The van der Waals surface area contributed by atoms with Gasteiger partial charge in [-0.15, -0.1) is 0 Å². The predicted molar refractivity (Wildman–Crippen MR) is 123 cm³/mol. The van der Waals surface area contributed by atoms with Gasteiger partial charge < -0.3 is 14.5 Å². The quantitative estimate of drug-likeness (QED) is 0.815. The molecule has 2 fully saturated rings. The van der Waals surface area contributed by atoms with Gasteiger partial charge in [0.15, 0.2) is 0 Å².